The number of nitrogens with zero attached hydrogens (tertiary/aromatic N) is 5. The Labute approximate surface area is 263 Å². The van der Waals surface area contributed by atoms with Gasteiger partial charge in [-0.3, -0.25) is 24.3 Å². The number of hydrogen-bond acceptors (Lipinski definition) is 8. The first-order valence-corrected chi connectivity index (χ1v) is 12.8. The van der Waals surface area contributed by atoms with E-state index in [1.807, 2.05) is 18.5 Å². The molecule has 0 bridgehead atoms. The van der Waals surface area contributed by atoms with E-state index < -0.39 is 36.4 Å². The van der Waals surface area contributed by atoms with Crippen molar-refractivity contribution in [2.24, 2.45) is 0 Å². The number of carbonyl (C=O) groups excluding carboxylic acids is 1. The normalized spacial score (nSPS) is 14.3. The van der Waals surface area contributed by atoms with Crippen LogP contribution in [-0.4, -0.2) is 95.4 Å². The van der Waals surface area contributed by atoms with Gasteiger partial charge in [0.05, 0.1) is 17.3 Å². The second-order valence-electron chi connectivity index (χ2n) is 9.15. The molecule has 264 valence electrons. The lowest BCUT2D eigenvalue weighted by molar-refractivity contribution is -0.193. The summed E-state index contributed by atoms with van der Waals surface area (Å²) in [5.74, 6) is -8.36. The molecule has 0 saturated carbocycles. The van der Waals surface area contributed by atoms with E-state index in [0.717, 1.165) is 26.1 Å². The molecule has 13 nitrogen and oxygen atoms in total. The van der Waals surface area contributed by atoms with E-state index in [1.54, 1.807) is 30.7 Å². The summed E-state index contributed by atoms with van der Waals surface area (Å²) in [5, 5.41) is 28.9. The Morgan fingerprint density at radius 1 is 0.771 bits per heavy atom. The molecule has 22 heteroatoms. The maximum Gasteiger partial charge on any atom is 0.490 e. The van der Waals surface area contributed by atoms with Crippen molar-refractivity contribution in [3.8, 4) is 0 Å². The predicted octanol–water partition coefficient (Wildman–Crippen LogP) is 3.95. The van der Waals surface area contributed by atoms with Crippen molar-refractivity contribution < 1.29 is 74.0 Å². The largest absolute Gasteiger partial charge is 0.490 e. The lowest BCUT2D eigenvalue weighted by atomic mass is 10.1. The number of carboxylic acids is 3. The molecule has 4 heterocycles. The fourth-order valence-corrected chi connectivity index (χ4v) is 3.50. The highest BCUT2D eigenvalue weighted by molar-refractivity contribution is 5.93. The Balaban J connectivity index is 0.000000448. The van der Waals surface area contributed by atoms with Crippen molar-refractivity contribution in [2.75, 3.05) is 13.1 Å². The molecule has 4 rings (SSSR count). The van der Waals surface area contributed by atoms with Gasteiger partial charge in [0.25, 0.3) is 5.91 Å². The number of aromatic nitrogens is 4. The predicted molar refractivity (Wildman–Crippen MR) is 142 cm³/mol. The molecule has 3 aromatic heterocycles. The number of alkyl halides is 9. The molecule has 0 aromatic carbocycles. The molecule has 0 aliphatic carbocycles. The van der Waals surface area contributed by atoms with Crippen LogP contribution in [0.15, 0.2) is 61.3 Å². The molecule has 1 aliphatic rings. The van der Waals surface area contributed by atoms with Crippen molar-refractivity contribution in [1.29, 1.82) is 0 Å². The summed E-state index contributed by atoms with van der Waals surface area (Å²) in [6, 6.07) is 9.90. The molecular formula is C26H25F9N6O7. The molecule has 0 radical (unpaired) electrons. The standard InChI is InChI=1S/C20H22N6O.3C2HF3O2/c27-20(17-4-2-8-22-12-17)23-9-5-18-14-25(13-16-3-1-7-21-11-16)15-19-6-10-24-26(18)19;3*3-2(4,5)1(6)7/h1-4,6-8,10-12,18H,5,9,13-15H2,(H,23,27);3*(H,6,7). The van der Waals surface area contributed by atoms with Gasteiger partial charge in [-0.1, -0.05) is 6.07 Å². The Kier molecular flexibility index (Phi) is 15.4. The summed E-state index contributed by atoms with van der Waals surface area (Å²) in [4.78, 5) is 49.5. The molecule has 3 aromatic rings. The highest BCUT2D eigenvalue weighted by Crippen LogP contribution is 2.24. The summed E-state index contributed by atoms with van der Waals surface area (Å²) in [5.41, 5.74) is 2.99. The smallest absolute Gasteiger partial charge is 0.475 e. The third-order valence-electron chi connectivity index (χ3n) is 5.50. The van der Waals surface area contributed by atoms with E-state index in [1.165, 1.54) is 11.3 Å². The van der Waals surface area contributed by atoms with E-state index in [4.69, 9.17) is 29.7 Å². The fourth-order valence-electron chi connectivity index (χ4n) is 3.50. The zero-order chi connectivity index (χ0) is 36.7. The number of rotatable bonds is 6. The van der Waals surface area contributed by atoms with Crippen molar-refractivity contribution in [1.82, 2.24) is 30.0 Å². The highest BCUT2D eigenvalue weighted by atomic mass is 19.4. The van der Waals surface area contributed by atoms with Gasteiger partial charge in [0.15, 0.2) is 0 Å². The minimum absolute atomic E-state index is 0.0909. The average Bonchev–Trinajstić information content (AvgIpc) is 3.46. The van der Waals surface area contributed by atoms with Crippen molar-refractivity contribution >= 4 is 23.8 Å². The summed E-state index contributed by atoms with van der Waals surface area (Å²) in [6.07, 6.45) is -5.63. The van der Waals surface area contributed by atoms with Gasteiger partial charge < -0.3 is 20.6 Å². The maximum atomic E-state index is 12.2. The molecule has 1 atom stereocenters. The van der Waals surface area contributed by atoms with Gasteiger partial charge in [-0.25, -0.2) is 14.4 Å². The van der Waals surface area contributed by atoms with Crippen LogP contribution in [0, 0.1) is 0 Å². The van der Waals surface area contributed by atoms with Crippen LogP contribution in [0.5, 0.6) is 0 Å². The van der Waals surface area contributed by atoms with Crippen LogP contribution in [0.4, 0.5) is 39.5 Å². The number of carboxylic acid groups (broad SMARTS) is 3. The lowest BCUT2D eigenvalue weighted by Crippen LogP contribution is -2.39. The van der Waals surface area contributed by atoms with Crippen LogP contribution < -0.4 is 5.32 Å². The number of nitrogens with one attached hydrogen (secondary N) is 1. The second kappa shape index (κ2) is 18.2. The maximum absolute atomic E-state index is 12.2. The van der Waals surface area contributed by atoms with Gasteiger partial charge in [-0.05, 0) is 36.2 Å². The number of aliphatic carboxylic acids is 3. The van der Waals surface area contributed by atoms with E-state index in [2.05, 4.69) is 42.1 Å². The minimum Gasteiger partial charge on any atom is -0.475 e. The first-order valence-electron chi connectivity index (χ1n) is 12.8. The zero-order valence-corrected chi connectivity index (χ0v) is 24.0. The van der Waals surface area contributed by atoms with Gasteiger partial charge in [0.2, 0.25) is 0 Å². The van der Waals surface area contributed by atoms with Gasteiger partial charge in [-0.2, -0.15) is 44.6 Å². The first-order chi connectivity index (χ1) is 22.1. The van der Waals surface area contributed by atoms with E-state index in [0.29, 0.717) is 12.1 Å². The highest BCUT2D eigenvalue weighted by Gasteiger charge is 2.39. The van der Waals surface area contributed by atoms with Crippen LogP contribution in [0.1, 0.15) is 34.1 Å². The molecule has 48 heavy (non-hydrogen) atoms. The molecule has 1 amide bonds. The van der Waals surface area contributed by atoms with Crippen LogP contribution >= 0.6 is 0 Å². The molecule has 4 N–H and O–H groups in total. The Hall–Kier alpha value is -5.28. The molecule has 0 fully saturated rings. The Morgan fingerprint density at radius 2 is 1.27 bits per heavy atom. The molecule has 0 spiro atoms. The number of hydrogen-bond donors (Lipinski definition) is 4. The number of carbonyl (C=O) groups is 4. The van der Waals surface area contributed by atoms with Gasteiger partial charge in [-0.15, -0.1) is 0 Å². The number of halogens is 9. The van der Waals surface area contributed by atoms with Crippen molar-refractivity contribution in [3.63, 3.8) is 0 Å². The van der Waals surface area contributed by atoms with Gasteiger partial charge in [0, 0.05) is 57.2 Å². The lowest BCUT2D eigenvalue weighted by Gasteiger charge is -2.34. The first kappa shape index (κ1) is 40.7. The molecule has 1 aliphatic heterocycles. The van der Waals surface area contributed by atoms with Gasteiger partial charge in [0.1, 0.15) is 0 Å². The van der Waals surface area contributed by atoms with E-state index in [-0.39, 0.29) is 11.9 Å². The SMILES string of the molecule is O=C(NCCC1CN(Cc2cccnc2)Cc2ccnn21)c1cccnc1.O=C(O)C(F)(F)F.O=C(O)C(F)(F)F.O=C(O)C(F)(F)F. The summed E-state index contributed by atoms with van der Waals surface area (Å²) in [6.45, 7) is 3.22. The fraction of sp³-hybridized carbons (Fsp3) is 0.346. The third-order valence-corrected chi connectivity index (χ3v) is 5.50. The summed E-state index contributed by atoms with van der Waals surface area (Å²) in [7, 11) is 0. The average molecular weight is 705 g/mol. The van der Waals surface area contributed by atoms with Gasteiger partial charge >= 0.3 is 36.4 Å². The summed E-state index contributed by atoms with van der Waals surface area (Å²) >= 11 is 0. The second-order valence-corrected chi connectivity index (χ2v) is 9.15. The summed E-state index contributed by atoms with van der Waals surface area (Å²) < 4.78 is 97.3. The van der Waals surface area contributed by atoms with Crippen LogP contribution in [0.3, 0.4) is 0 Å². The molecule has 0 saturated heterocycles. The molecule has 1 unspecified atom stereocenters. The van der Waals surface area contributed by atoms with Crippen LogP contribution in [-0.2, 0) is 27.5 Å². The van der Waals surface area contributed by atoms with Crippen molar-refractivity contribution in [2.45, 2.75) is 44.1 Å². The van der Waals surface area contributed by atoms with E-state index in [9.17, 15) is 44.3 Å². The minimum atomic E-state index is -5.08. The zero-order valence-electron chi connectivity index (χ0n) is 24.0. The Morgan fingerprint density at radius 3 is 1.71 bits per heavy atom. The van der Waals surface area contributed by atoms with Crippen LogP contribution in [0.25, 0.3) is 0 Å². The van der Waals surface area contributed by atoms with Crippen LogP contribution in [0.2, 0.25) is 0 Å². The number of amides is 1. The third kappa shape index (κ3) is 15.3. The quantitative estimate of drug-likeness (QED) is 0.272. The Bertz CT molecular complexity index is 1410. The van der Waals surface area contributed by atoms with E-state index >= 15 is 0 Å². The topological polar surface area (TPSA) is 188 Å². The number of pyridine rings is 2. The number of fused-ring (bicyclic) bond motifs is 1. The molecular weight excluding hydrogens is 679 g/mol. The monoisotopic (exact) mass is 704 g/mol. The van der Waals surface area contributed by atoms with Crippen molar-refractivity contribution in [3.05, 3.63) is 78.1 Å².